The molecule has 0 aliphatic rings. The van der Waals surface area contributed by atoms with Gasteiger partial charge in [-0.25, -0.2) is 0 Å². The highest BCUT2D eigenvalue weighted by Gasteiger charge is 2.03. The maximum atomic E-state index is 11.4. The van der Waals surface area contributed by atoms with Gasteiger partial charge in [-0.1, -0.05) is 26.0 Å². The molecular formula is C15H24N2O2. The summed E-state index contributed by atoms with van der Waals surface area (Å²) in [5, 5.41) is 5.90. The van der Waals surface area contributed by atoms with Gasteiger partial charge in [0.2, 0.25) is 5.91 Å². The van der Waals surface area contributed by atoms with E-state index in [0.717, 1.165) is 25.1 Å². The summed E-state index contributed by atoms with van der Waals surface area (Å²) in [6.45, 7) is 5.96. The minimum absolute atomic E-state index is 0.0473. The van der Waals surface area contributed by atoms with Crippen molar-refractivity contribution in [2.75, 3.05) is 26.7 Å². The first-order chi connectivity index (χ1) is 9.21. The lowest BCUT2D eigenvalue weighted by atomic mass is 10.1. The number of benzene rings is 1. The largest absolute Gasteiger partial charge is 0.496 e. The van der Waals surface area contributed by atoms with Gasteiger partial charge in [-0.05, 0) is 36.6 Å². The van der Waals surface area contributed by atoms with E-state index in [1.165, 1.54) is 11.1 Å². The fourth-order valence-corrected chi connectivity index (χ4v) is 1.91. The molecule has 0 saturated heterocycles. The van der Waals surface area contributed by atoms with Gasteiger partial charge in [0.25, 0.3) is 0 Å². The Labute approximate surface area is 115 Å². The highest BCUT2D eigenvalue weighted by Crippen LogP contribution is 2.20. The Bertz CT molecular complexity index is 405. The zero-order valence-electron chi connectivity index (χ0n) is 12.1. The van der Waals surface area contributed by atoms with Crippen LogP contribution in [-0.4, -0.2) is 32.7 Å². The van der Waals surface area contributed by atoms with E-state index < -0.39 is 0 Å². The third-order valence-corrected chi connectivity index (χ3v) is 3.00. The van der Waals surface area contributed by atoms with E-state index in [2.05, 4.69) is 29.7 Å². The summed E-state index contributed by atoms with van der Waals surface area (Å²) >= 11 is 0. The molecule has 1 aromatic rings. The SMILES string of the molecule is CCNCC(=O)NCCc1ccc(OC)c(CC)c1. The van der Waals surface area contributed by atoms with Crippen LogP contribution in [0.2, 0.25) is 0 Å². The van der Waals surface area contributed by atoms with E-state index in [4.69, 9.17) is 4.74 Å². The van der Waals surface area contributed by atoms with Crippen LogP contribution in [0.1, 0.15) is 25.0 Å². The van der Waals surface area contributed by atoms with E-state index in [-0.39, 0.29) is 5.91 Å². The van der Waals surface area contributed by atoms with Crippen molar-refractivity contribution >= 4 is 5.91 Å². The molecular weight excluding hydrogens is 240 g/mol. The predicted molar refractivity (Wildman–Crippen MR) is 77.6 cm³/mol. The molecule has 0 saturated carbocycles. The summed E-state index contributed by atoms with van der Waals surface area (Å²) in [6, 6.07) is 6.19. The molecule has 0 atom stereocenters. The minimum atomic E-state index is 0.0473. The van der Waals surface area contributed by atoms with Crippen molar-refractivity contribution in [3.8, 4) is 5.75 Å². The lowest BCUT2D eigenvalue weighted by Crippen LogP contribution is -2.34. The molecule has 0 aliphatic carbocycles. The van der Waals surface area contributed by atoms with Crippen molar-refractivity contribution in [2.24, 2.45) is 0 Å². The van der Waals surface area contributed by atoms with E-state index in [0.29, 0.717) is 13.1 Å². The smallest absolute Gasteiger partial charge is 0.233 e. The van der Waals surface area contributed by atoms with Crippen LogP contribution in [0.3, 0.4) is 0 Å². The third kappa shape index (κ3) is 5.30. The van der Waals surface area contributed by atoms with Crippen molar-refractivity contribution in [1.29, 1.82) is 0 Å². The lowest BCUT2D eigenvalue weighted by Gasteiger charge is -2.10. The summed E-state index contributed by atoms with van der Waals surface area (Å²) < 4.78 is 5.30. The molecule has 1 aromatic carbocycles. The summed E-state index contributed by atoms with van der Waals surface area (Å²) in [5.74, 6) is 0.980. The Hall–Kier alpha value is -1.55. The average Bonchev–Trinajstić information content (AvgIpc) is 2.44. The van der Waals surface area contributed by atoms with Gasteiger partial charge in [-0.2, -0.15) is 0 Å². The van der Waals surface area contributed by atoms with Gasteiger partial charge in [0.1, 0.15) is 5.75 Å². The number of methoxy groups -OCH3 is 1. The van der Waals surface area contributed by atoms with E-state index >= 15 is 0 Å². The monoisotopic (exact) mass is 264 g/mol. The fourth-order valence-electron chi connectivity index (χ4n) is 1.91. The molecule has 1 rings (SSSR count). The molecule has 106 valence electrons. The molecule has 1 amide bonds. The number of likely N-dealkylation sites (N-methyl/N-ethyl adjacent to an activating group) is 1. The first-order valence-electron chi connectivity index (χ1n) is 6.84. The number of carbonyl (C=O) groups excluding carboxylic acids is 1. The number of amides is 1. The van der Waals surface area contributed by atoms with Crippen LogP contribution in [0, 0.1) is 0 Å². The average molecular weight is 264 g/mol. The molecule has 0 heterocycles. The van der Waals surface area contributed by atoms with Crippen LogP contribution < -0.4 is 15.4 Å². The topological polar surface area (TPSA) is 50.4 Å². The maximum Gasteiger partial charge on any atom is 0.233 e. The van der Waals surface area contributed by atoms with Gasteiger partial charge in [0.15, 0.2) is 0 Å². The minimum Gasteiger partial charge on any atom is -0.496 e. The highest BCUT2D eigenvalue weighted by atomic mass is 16.5. The Kier molecular flexibility index (Phi) is 6.97. The lowest BCUT2D eigenvalue weighted by molar-refractivity contribution is -0.120. The van der Waals surface area contributed by atoms with E-state index in [1.54, 1.807) is 7.11 Å². The Morgan fingerprint density at radius 1 is 1.32 bits per heavy atom. The molecule has 0 radical (unpaired) electrons. The standard InChI is InChI=1S/C15H24N2O2/c1-4-13-10-12(6-7-14(13)19-3)8-9-17-15(18)11-16-5-2/h6-7,10,16H,4-5,8-9,11H2,1-3H3,(H,17,18). The number of ether oxygens (including phenoxy) is 1. The molecule has 0 fully saturated rings. The Morgan fingerprint density at radius 3 is 2.74 bits per heavy atom. The molecule has 0 spiro atoms. The van der Waals surface area contributed by atoms with E-state index in [9.17, 15) is 4.79 Å². The van der Waals surface area contributed by atoms with Gasteiger partial charge < -0.3 is 15.4 Å². The molecule has 4 heteroatoms. The van der Waals surface area contributed by atoms with E-state index in [1.807, 2.05) is 13.0 Å². The number of hydrogen-bond acceptors (Lipinski definition) is 3. The number of aryl methyl sites for hydroxylation is 1. The van der Waals surface area contributed by atoms with Crippen LogP contribution >= 0.6 is 0 Å². The second-order valence-corrected chi connectivity index (χ2v) is 4.38. The second kappa shape index (κ2) is 8.53. The Balaban J connectivity index is 2.43. The van der Waals surface area contributed by atoms with Crippen molar-refractivity contribution in [2.45, 2.75) is 26.7 Å². The third-order valence-electron chi connectivity index (χ3n) is 3.00. The van der Waals surface area contributed by atoms with Gasteiger partial charge in [-0.3, -0.25) is 4.79 Å². The molecule has 0 unspecified atom stereocenters. The summed E-state index contributed by atoms with van der Waals surface area (Å²) in [4.78, 5) is 11.4. The van der Waals surface area contributed by atoms with Crippen molar-refractivity contribution in [3.05, 3.63) is 29.3 Å². The summed E-state index contributed by atoms with van der Waals surface area (Å²) in [6.07, 6.45) is 1.79. The first-order valence-corrected chi connectivity index (χ1v) is 6.84. The van der Waals surface area contributed by atoms with Crippen LogP contribution in [0.25, 0.3) is 0 Å². The zero-order valence-corrected chi connectivity index (χ0v) is 12.1. The van der Waals surface area contributed by atoms with Crippen LogP contribution in [0.4, 0.5) is 0 Å². The van der Waals surface area contributed by atoms with Crippen molar-refractivity contribution in [1.82, 2.24) is 10.6 Å². The van der Waals surface area contributed by atoms with Crippen LogP contribution in [0.5, 0.6) is 5.75 Å². The van der Waals surface area contributed by atoms with Crippen molar-refractivity contribution < 1.29 is 9.53 Å². The van der Waals surface area contributed by atoms with Gasteiger partial charge in [0.05, 0.1) is 13.7 Å². The number of carbonyl (C=O) groups is 1. The molecule has 19 heavy (non-hydrogen) atoms. The first kappa shape index (κ1) is 15.5. The van der Waals surface area contributed by atoms with Crippen LogP contribution in [-0.2, 0) is 17.6 Å². The maximum absolute atomic E-state index is 11.4. The van der Waals surface area contributed by atoms with Gasteiger partial charge >= 0.3 is 0 Å². The highest BCUT2D eigenvalue weighted by molar-refractivity contribution is 5.77. The zero-order chi connectivity index (χ0) is 14.1. The molecule has 2 N–H and O–H groups in total. The van der Waals surface area contributed by atoms with Crippen molar-refractivity contribution in [3.63, 3.8) is 0 Å². The molecule has 0 aromatic heterocycles. The normalized spacial score (nSPS) is 10.3. The second-order valence-electron chi connectivity index (χ2n) is 4.38. The fraction of sp³-hybridized carbons (Fsp3) is 0.533. The quantitative estimate of drug-likeness (QED) is 0.748. The number of hydrogen-bond donors (Lipinski definition) is 2. The predicted octanol–water partition coefficient (Wildman–Crippen LogP) is 1.53. The molecule has 0 aliphatic heterocycles. The number of nitrogens with one attached hydrogen (secondary N) is 2. The molecule has 0 bridgehead atoms. The molecule has 4 nitrogen and oxygen atoms in total. The Morgan fingerprint density at radius 2 is 2.11 bits per heavy atom. The number of rotatable bonds is 8. The van der Waals surface area contributed by atoms with Gasteiger partial charge in [-0.15, -0.1) is 0 Å². The van der Waals surface area contributed by atoms with Crippen LogP contribution in [0.15, 0.2) is 18.2 Å². The summed E-state index contributed by atoms with van der Waals surface area (Å²) in [5.41, 5.74) is 2.43. The summed E-state index contributed by atoms with van der Waals surface area (Å²) in [7, 11) is 1.69. The van der Waals surface area contributed by atoms with Gasteiger partial charge in [0, 0.05) is 6.54 Å².